The van der Waals surface area contributed by atoms with Crippen molar-refractivity contribution in [2.75, 3.05) is 26.4 Å². The van der Waals surface area contributed by atoms with Crippen LogP contribution in [0.1, 0.15) is 30.6 Å². The molecule has 0 aliphatic carbocycles. The molecule has 1 saturated heterocycles. The van der Waals surface area contributed by atoms with Crippen molar-refractivity contribution in [2.24, 2.45) is 0 Å². The zero-order valence-corrected chi connectivity index (χ0v) is 22.7. The minimum absolute atomic E-state index is 0.778. The van der Waals surface area contributed by atoms with E-state index in [0.29, 0.717) is 0 Å². The molecule has 5 heterocycles. The van der Waals surface area contributed by atoms with E-state index in [1.807, 2.05) is 94.3 Å². The maximum Gasteiger partial charge on any atom is 0.158 e. The average Bonchev–Trinajstić information content (AvgIpc) is 3.77. The summed E-state index contributed by atoms with van der Waals surface area (Å²) < 4.78 is 9.89. The van der Waals surface area contributed by atoms with E-state index in [4.69, 9.17) is 9.47 Å². The number of hydrogen-bond donors (Lipinski definition) is 2. The minimum atomic E-state index is -1.20. The molecule has 0 atom stereocenters. The summed E-state index contributed by atoms with van der Waals surface area (Å²) in [6.07, 6.45) is 0. The van der Waals surface area contributed by atoms with Crippen LogP contribution in [0, 0.1) is 0 Å². The first kappa shape index (κ1) is 25.5. The van der Waals surface area contributed by atoms with Crippen molar-refractivity contribution in [3.8, 4) is 0 Å². The summed E-state index contributed by atoms with van der Waals surface area (Å²) in [6, 6.07) is 23.4. The highest BCUT2D eigenvalue weighted by Gasteiger charge is 2.39. The summed E-state index contributed by atoms with van der Waals surface area (Å²) in [4.78, 5) is 3.52. The first-order chi connectivity index (χ1) is 17.6. The van der Waals surface area contributed by atoms with Crippen LogP contribution in [0.2, 0.25) is 0 Å². The fraction of sp³-hybridized carbons (Fsp3) is 0.214. The quantitative estimate of drug-likeness (QED) is 0.250. The van der Waals surface area contributed by atoms with Gasteiger partial charge in [0.15, 0.2) is 11.2 Å². The van der Waals surface area contributed by atoms with Gasteiger partial charge in [-0.2, -0.15) is 0 Å². The summed E-state index contributed by atoms with van der Waals surface area (Å²) in [5.41, 5.74) is -0.831. The van der Waals surface area contributed by atoms with Crippen LogP contribution in [0.15, 0.2) is 94.3 Å². The highest BCUT2D eigenvalue weighted by Crippen LogP contribution is 2.44. The second-order valence-corrected chi connectivity index (χ2v) is 11.9. The number of ether oxygens (including phenoxy) is 2. The van der Waals surface area contributed by atoms with Crippen LogP contribution in [-0.2, 0) is 20.7 Å². The molecule has 0 saturated carbocycles. The first-order valence-corrected chi connectivity index (χ1v) is 15.0. The summed E-state index contributed by atoms with van der Waals surface area (Å²) >= 11 is 6.16. The van der Waals surface area contributed by atoms with Crippen LogP contribution < -0.4 is 0 Å². The Morgan fingerprint density at radius 3 is 0.944 bits per heavy atom. The molecule has 0 spiro atoms. The van der Waals surface area contributed by atoms with Gasteiger partial charge < -0.3 is 19.7 Å². The highest BCUT2D eigenvalue weighted by atomic mass is 32.1. The third kappa shape index (κ3) is 5.01. The van der Waals surface area contributed by atoms with E-state index in [1.165, 1.54) is 45.3 Å². The SMILES string of the molecule is C1COCCO1.OC(c1ccc(C(O)(c2cccs2)c2cccs2)cc1)(c1cccs1)c1cccs1. The van der Waals surface area contributed by atoms with E-state index in [2.05, 4.69) is 0 Å². The van der Waals surface area contributed by atoms with E-state index in [1.54, 1.807) is 0 Å². The van der Waals surface area contributed by atoms with Gasteiger partial charge >= 0.3 is 0 Å². The number of rotatable bonds is 6. The smallest absolute Gasteiger partial charge is 0.158 e. The summed E-state index contributed by atoms with van der Waals surface area (Å²) in [5, 5.41) is 31.6. The van der Waals surface area contributed by atoms with E-state index in [0.717, 1.165) is 57.1 Å². The van der Waals surface area contributed by atoms with Gasteiger partial charge in [-0.05, 0) is 56.9 Å². The number of thiophene rings is 4. The molecule has 1 aliphatic heterocycles. The molecular weight excluding hydrogens is 529 g/mol. The van der Waals surface area contributed by atoms with Crippen molar-refractivity contribution in [1.29, 1.82) is 0 Å². The zero-order chi connectivity index (χ0) is 24.8. The third-order valence-electron chi connectivity index (χ3n) is 5.98. The molecule has 5 aromatic rings. The van der Waals surface area contributed by atoms with Gasteiger partial charge in [-0.15, -0.1) is 45.3 Å². The van der Waals surface area contributed by atoms with Crippen molar-refractivity contribution in [1.82, 2.24) is 0 Å². The van der Waals surface area contributed by atoms with Gasteiger partial charge in [0.25, 0.3) is 0 Å². The second kappa shape index (κ2) is 11.5. The predicted molar refractivity (Wildman–Crippen MR) is 150 cm³/mol. The lowest BCUT2D eigenvalue weighted by atomic mass is 9.85. The Hall–Kier alpha value is -2.14. The highest BCUT2D eigenvalue weighted by molar-refractivity contribution is 7.12. The lowest BCUT2D eigenvalue weighted by molar-refractivity contribution is -0.0334. The van der Waals surface area contributed by atoms with Gasteiger partial charge in [0.1, 0.15) is 0 Å². The standard InChI is InChI=1S/C24H18O2S4.C4H8O2/c25-23(19-5-1-13-27-19,20-6-2-14-28-20)17-9-11-18(12-10-17)24(26,21-7-3-15-29-21)22-8-4-16-30-22;1-2-6-4-3-5-1/h1-16,25-26H;1-4H2. The van der Waals surface area contributed by atoms with E-state index in [-0.39, 0.29) is 0 Å². The molecule has 0 amide bonds. The second-order valence-electron chi connectivity index (χ2n) is 8.13. The normalized spacial score (nSPS) is 14.3. The van der Waals surface area contributed by atoms with Crippen LogP contribution in [0.4, 0.5) is 0 Å². The Morgan fingerprint density at radius 2 is 0.750 bits per heavy atom. The first-order valence-electron chi connectivity index (χ1n) is 11.5. The monoisotopic (exact) mass is 554 g/mol. The Morgan fingerprint density at radius 1 is 0.472 bits per heavy atom. The van der Waals surface area contributed by atoms with E-state index in [9.17, 15) is 10.2 Å². The Bertz CT molecular complexity index is 1110. The Balaban J connectivity index is 0.000000391. The van der Waals surface area contributed by atoms with Crippen molar-refractivity contribution in [2.45, 2.75) is 11.2 Å². The molecule has 2 N–H and O–H groups in total. The van der Waals surface area contributed by atoms with Crippen LogP contribution in [0.5, 0.6) is 0 Å². The van der Waals surface area contributed by atoms with Gasteiger partial charge in [0.05, 0.1) is 26.4 Å². The zero-order valence-electron chi connectivity index (χ0n) is 19.4. The maximum atomic E-state index is 11.8. The topological polar surface area (TPSA) is 58.9 Å². The van der Waals surface area contributed by atoms with Crippen LogP contribution >= 0.6 is 45.3 Å². The van der Waals surface area contributed by atoms with Crippen LogP contribution in [0.3, 0.4) is 0 Å². The summed E-state index contributed by atoms with van der Waals surface area (Å²) in [5.74, 6) is 0. The molecule has 0 unspecified atom stereocenters. The molecule has 1 aliphatic rings. The molecule has 36 heavy (non-hydrogen) atoms. The van der Waals surface area contributed by atoms with Crippen molar-refractivity contribution < 1.29 is 19.7 Å². The summed E-state index contributed by atoms with van der Waals surface area (Å²) in [6.45, 7) is 3.11. The lowest BCUT2D eigenvalue weighted by Gasteiger charge is -2.30. The van der Waals surface area contributed by atoms with Crippen molar-refractivity contribution in [3.05, 3.63) is 125 Å². The largest absolute Gasteiger partial charge is 0.377 e. The average molecular weight is 555 g/mol. The lowest BCUT2D eigenvalue weighted by Crippen LogP contribution is -2.28. The molecule has 0 radical (unpaired) electrons. The van der Waals surface area contributed by atoms with Crippen LogP contribution in [-0.4, -0.2) is 36.6 Å². The molecule has 8 heteroatoms. The molecule has 4 aromatic heterocycles. The Labute approximate surface area is 226 Å². The predicted octanol–water partition coefficient (Wildman–Crippen LogP) is 6.53. The third-order valence-corrected chi connectivity index (χ3v) is 9.89. The number of aliphatic hydroxyl groups is 2. The van der Waals surface area contributed by atoms with Crippen LogP contribution in [0.25, 0.3) is 0 Å². The van der Waals surface area contributed by atoms with Gasteiger partial charge in [0, 0.05) is 19.5 Å². The fourth-order valence-corrected chi connectivity index (χ4v) is 7.71. The molecule has 0 bridgehead atoms. The number of benzene rings is 1. The molecule has 6 rings (SSSR count). The fourth-order valence-electron chi connectivity index (χ4n) is 4.14. The molecule has 1 aromatic carbocycles. The molecular formula is C28H26O4S4. The van der Waals surface area contributed by atoms with Gasteiger partial charge in [-0.25, -0.2) is 0 Å². The van der Waals surface area contributed by atoms with Gasteiger partial charge in [-0.1, -0.05) is 48.5 Å². The minimum Gasteiger partial charge on any atom is -0.377 e. The van der Waals surface area contributed by atoms with Gasteiger partial charge in [0.2, 0.25) is 0 Å². The molecule has 1 fully saturated rings. The Kier molecular flexibility index (Phi) is 8.15. The van der Waals surface area contributed by atoms with Crippen molar-refractivity contribution >= 4 is 45.3 Å². The number of hydrogen-bond acceptors (Lipinski definition) is 8. The van der Waals surface area contributed by atoms with E-state index >= 15 is 0 Å². The van der Waals surface area contributed by atoms with Crippen molar-refractivity contribution in [3.63, 3.8) is 0 Å². The molecule has 186 valence electrons. The van der Waals surface area contributed by atoms with Gasteiger partial charge in [-0.3, -0.25) is 0 Å². The molecule has 4 nitrogen and oxygen atoms in total. The van der Waals surface area contributed by atoms with E-state index < -0.39 is 11.2 Å². The summed E-state index contributed by atoms with van der Waals surface area (Å²) in [7, 11) is 0. The maximum absolute atomic E-state index is 11.8.